The molecule has 2 amide bonds. The van der Waals surface area contributed by atoms with Crippen LogP contribution in [-0.4, -0.2) is 24.6 Å². The van der Waals surface area contributed by atoms with Gasteiger partial charge in [-0.2, -0.15) is 5.10 Å². The summed E-state index contributed by atoms with van der Waals surface area (Å²) in [7, 11) is 1.55. The van der Waals surface area contributed by atoms with Crippen LogP contribution in [0.1, 0.15) is 23.7 Å². The maximum atomic E-state index is 12.0. The first-order chi connectivity index (χ1) is 12.0. The fourth-order valence-electron chi connectivity index (χ4n) is 2.03. The molecule has 2 aromatic carbocycles. The first kappa shape index (κ1) is 18.5. The van der Waals surface area contributed by atoms with Gasteiger partial charge in [-0.1, -0.05) is 29.8 Å². The Balaban J connectivity index is 1.91. The van der Waals surface area contributed by atoms with Gasteiger partial charge < -0.3 is 10.1 Å². The molecule has 0 unspecified atom stereocenters. The number of anilines is 1. The van der Waals surface area contributed by atoms with Crippen LogP contribution in [0.5, 0.6) is 5.75 Å². The van der Waals surface area contributed by atoms with Crippen molar-refractivity contribution in [2.45, 2.75) is 13.3 Å². The van der Waals surface area contributed by atoms with Gasteiger partial charge in [0.05, 0.1) is 24.1 Å². The molecule has 2 aromatic rings. The van der Waals surface area contributed by atoms with E-state index in [-0.39, 0.29) is 12.3 Å². The Morgan fingerprint density at radius 1 is 1.16 bits per heavy atom. The van der Waals surface area contributed by atoms with Crippen LogP contribution < -0.4 is 15.5 Å². The smallest absolute Gasteiger partial charge is 0.272 e. The van der Waals surface area contributed by atoms with E-state index in [0.29, 0.717) is 27.7 Å². The molecule has 130 valence electrons. The highest BCUT2D eigenvalue weighted by molar-refractivity contribution is 6.33. The number of hydrogen-bond acceptors (Lipinski definition) is 4. The summed E-state index contributed by atoms with van der Waals surface area (Å²) < 4.78 is 5.10. The number of methoxy groups -OCH3 is 1. The molecule has 0 saturated heterocycles. The molecule has 0 bridgehead atoms. The summed E-state index contributed by atoms with van der Waals surface area (Å²) >= 11 is 5.95. The third-order valence-electron chi connectivity index (χ3n) is 3.24. The molecule has 0 aliphatic carbocycles. The SMILES string of the molecule is COc1cccc(NC(=O)C/C(C)=N\NC(=O)c2ccccc2Cl)c1. The topological polar surface area (TPSA) is 79.8 Å². The van der Waals surface area contributed by atoms with E-state index in [1.165, 1.54) is 0 Å². The Bertz CT molecular complexity index is 806. The lowest BCUT2D eigenvalue weighted by atomic mass is 10.2. The minimum atomic E-state index is -0.432. The average molecular weight is 360 g/mol. The maximum Gasteiger partial charge on any atom is 0.272 e. The van der Waals surface area contributed by atoms with Crippen LogP contribution in [0.15, 0.2) is 53.6 Å². The van der Waals surface area contributed by atoms with Crippen LogP contribution in [0.2, 0.25) is 5.02 Å². The number of benzene rings is 2. The van der Waals surface area contributed by atoms with Gasteiger partial charge in [0.15, 0.2) is 0 Å². The van der Waals surface area contributed by atoms with Crippen LogP contribution in [0.4, 0.5) is 5.69 Å². The van der Waals surface area contributed by atoms with E-state index in [1.807, 2.05) is 0 Å². The number of ether oxygens (including phenoxy) is 1. The molecular formula is C18H18ClN3O3. The first-order valence-electron chi connectivity index (χ1n) is 7.51. The number of nitrogens with one attached hydrogen (secondary N) is 2. The second-order valence-corrected chi connectivity index (χ2v) is 5.63. The molecule has 0 saturated carbocycles. The normalized spacial score (nSPS) is 10.9. The number of amides is 2. The zero-order valence-electron chi connectivity index (χ0n) is 13.9. The van der Waals surface area contributed by atoms with Gasteiger partial charge in [0.2, 0.25) is 5.91 Å². The van der Waals surface area contributed by atoms with E-state index < -0.39 is 5.91 Å². The lowest BCUT2D eigenvalue weighted by molar-refractivity contribution is -0.115. The maximum absolute atomic E-state index is 12.0. The summed E-state index contributed by atoms with van der Waals surface area (Å²) in [5.41, 5.74) is 3.79. The first-order valence-corrected chi connectivity index (χ1v) is 7.89. The summed E-state index contributed by atoms with van der Waals surface area (Å²) in [5.74, 6) is -0.0326. The molecule has 0 heterocycles. The lowest BCUT2D eigenvalue weighted by Crippen LogP contribution is -2.21. The summed E-state index contributed by atoms with van der Waals surface area (Å²) in [6.07, 6.45) is 0.0417. The zero-order valence-corrected chi connectivity index (χ0v) is 14.6. The molecule has 0 atom stereocenters. The van der Waals surface area contributed by atoms with E-state index >= 15 is 0 Å². The average Bonchev–Trinajstić information content (AvgIpc) is 2.60. The molecular weight excluding hydrogens is 342 g/mol. The molecule has 25 heavy (non-hydrogen) atoms. The van der Waals surface area contributed by atoms with Gasteiger partial charge in [0, 0.05) is 17.5 Å². The molecule has 2 rings (SSSR count). The quantitative estimate of drug-likeness (QED) is 0.612. The number of carbonyl (C=O) groups excluding carboxylic acids is 2. The van der Waals surface area contributed by atoms with Crippen molar-refractivity contribution >= 4 is 34.8 Å². The fraction of sp³-hybridized carbons (Fsp3) is 0.167. The highest BCUT2D eigenvalue weighted by Gasteiger charge is 2.09. The summed E-state index contributed by atoms with van der Waals surface area (Å²) in [6.45, 7) is 1.65. The van der Waals surface area contributed by atoms with Crippen molar-refractivity contribution in [1.82, 2.24) is 5.43 Å². The Labute approximate surface area is 150 Å². The van der Waals surface area contributed by atoms with Gasteiger partial charge >= 0.3 is 0 Å². The molecule has 0 fully saturated rings. The number of halogens is 1. The van der Waals surface area contributed by atoms with Crippen molar-refractivity contribution in [3.63, 3.8) is 0 Å². The number of rotatable bonds is 6. The highest BCUT2D eigenvalue weighted by Crippen LogP contribution is 2.17. The Morgan fingerprint density at radius 3 is 2.64 bits per heavy atom. The molecule has 0 radical (unpaired) electrons. The molecule has 0 aliphatic rings. The number of nitrogens with zero attached hydrogens (tertiary/aromatic N) is 1. The third kappa shape index (κ3) is 5.61. The minimum Gasteiger partial charge on any atom is -0.497 e. The predicted molar refractivity (Wildman–Crippen MR) is 98.3 cm³/mol. The fourth-order valence-corrected chi connectivity index (χ4v) is 2.25. The minimum absolute atomic E-state index is 0.0417. The van der Waals surface area contributed by atoms with Crippen LogP contribution in [0.25, 0.3) is 0 Å². The second-order valence-electron chi connectivity index (χ2n) is 5.22. The zero-order chi connectivity index (χ0) is 18.2. The molecule has 0 aliphatic heterocycles. The monoisotopic (exact) mass is 359 g/mol. The van der Waals surface area contributed by atoms with E-state index in [9.17, 15) is 9.59 Å². The van der Waals surface area contributed by atoms with Crippen molar-refractivity contribution < 1.29 is 14.3 Å². The van der Waals surface area contributed by atoms with Crippen molar-refractivity contribution in [2.75, 3.05) is 12.4 Å². The summed E-state index contributed by atoms with van der Waals surface area (Å²) in [4.78, 5) is 24.0. The van der Waals surface area contributed by atoms with Crippen molar-refractivity contribution in [3.05, 3.63) is 59.1 Å². The molecule has 2 N–H and O–H groups in total. The Kier molecular flexibility index (Phi) is 6.54. The van der Waals surface area contributed by atoms with Gasteiger partial charge in [0.25, 0.3) is 5.91 Å². The standard InChI is InChI=1S/C18H18ClN3O3/c1-12(21-22-18(24)15-8-3-4-9-16(15)19)10-17(23)20-13-6-5-7-14(11-13)25-2/h3-9,11H,10H2,1-2H3,(H,20,23)(H,22,24)/b21-12-. The lowest BCUT2D eigenvalue weighted by Gasteiger charge is -2.07. The van der Waals surface area contributed by atoms with Crippen molar-refractivity contribution in [2.24, 2.45) is 5.10 Å². The van der Waals surface area contributed by atoms with Crippen LogP contribution in [0.3, 0.4) is 0 Å². The third-order valence-corrected chi connectivity index (χ3v) is 3.57. The van der Waals surface area contributed by atoms with Gasteiger partial charge in [-0.25, -0.2) is 5.43 Å². The molecule has 0 spiro atoms. The summed E-state index contributed by atoms with van der Waals surface area (Å²) in [6, 6.07) is 13.7. The largest absolute Gasteiger partial charge is 0.497 e. The van der Waals surface area contributed by atoms with E-state index in [4.69, 9.17) is 16.3 Å². The molecule has 7 heteroatoms. The Hall–Kier alpha value is -2.86. The second kappa shape index (κ2) is 8.84. The van der Waals surface area contributed by atoms with E-state index in [2.05, 4.69) is 15.8 Å². The van der Waals surface area contributed by atoms with Gasteiger partial charge in [-0.05, 0) is 31.2 Å². The van der Waals surface area contributed by atoms with Crippen molar-refractivity contribution in [3.8, 4) is 5.75 Å². The molecule has 6 nitrogen and oxygen atoms in total. The Morgan fingerprint density at radius 2 is 1.92 bits per heavy atom. The number of hydrazone groups is 1. The van der Waals surface area contributed by atoms with Crippen LogP contribution >= 0.6 is 11.6 Å². The van der Waals surface area contributed by atoms with Gasteiger partial charge in [-0.3, -0.25) is 9.59 Å². The summed E-state index contributed by atoms with van der Waals surface area (Å²) in [5, 5.41) is 7.01. The van der Waals surface area contributed by atoms with E-state index in [1.54, 1.807) is 62.6 Å². The number of hydrogen-bond donors (Lipinski definition) is 2. The van der Waals surface area contributed by atoms with Crippen molar-refractivity contribution in [1.29, 1.82) is 0 Å². The van der Waals surface area contributed by atoms with E-state index in [0.717, 1.165) is 0 Å². The van der Waals surface area contributed by atoms with Crippen LogP contribution in [-0.2, 0) is 4.79 Å². The predicted octanol–water partition coefficient (Wildman–Crippen LogP) is 3.48. The number of carbonyl (C=O) groups is 2. The van der Waals surface area contributed by atoms with Crippen LogP contribution in [0, 0.1) is 0 Å². The van der Waals surface area contributed by atoms with Gasteiger partial charge in [-0.15, -0.1) is 0 Å². The highest BCUT2D eigenvalue weighted by atomic mass is 35.5. The molecule has 0 aromatic heterocycles. The van der Waals surface area contributed by atoms with Gasteiger partial charge in [0.1, 0.15) is 5.75 Å².